The first-order valence-corrected chi connectivity index (χ1v) is 24.3. The second-order valence-electron chi connectivity index (χ2n) is 19.2. The van der Waals surface area contributed by atoms with E-state index in [9.17, 15) is 19.2 Å². The van der Waals surface area contributed by atoms with Crippen LogP contribution < -0.4 is 5.32 Å². The fourth-order valence-corrected chi connectivity index (χ4v) is 9.45. The number of aliphatic hydroxyl groups excluding tert-OH is 1. The number of fused-ring (bicyclic) bond motifs is 8. The Bertz CT molecular complexity index is 2680. The van der Waals surface area contributed by atoms with E-state index >= 15 is 4.79 Å². The number of alkyl carbamates (subject to hydrolysis) is 1. The number of rotatable bonds is 17. The van der Waals surface area contributed by atoms with Crippen LogP contribution in [0.2, 0.25) is 0 Å². The number of ether oxygens (including phenoxy) is 4. The number of hydrogen-bond donors (Lipinski definition) is 4. The third-order valence-corrected chi connectivity index (χ3v) is 13.4. The van der Waals surface area contributed by atoms with Crippen molar-refractivity contribution in [2.45, 2.75) is 92.1 Å². The molecule has 7 rings (SSSR count). The van der Waals surface area contributed by atoms with Crippen LogP contribution in [0.4, 0.5) is 4.79 Å². The average Bonchev–Trinajstić information content (AvgIpc) is 3.99. The van der Waals surface area contributed by atoms with E-state index in [1.807, 2.05) is 39.0 Å². The fourth-order valence-electron chi connectivity index (χ4n) is 9.45. The molecule has 70 heavy (non-hydrogen) atoms. The van der Waals surface area contributed by atoms with Gasteiger partial charge in [0.05, 0.1) is 72.5 Å². The molecule has 5 aliphatic rings. The molecule has 0 aromatic carbocycles. The van der Waals surface area contributed by atoms with Gasteiger partial charge in [0.1, 0.15) is 12.2 Å². The standard InChI is InChI=1S/C52H68N8O10/c1-10-34-30(2)38-28-42-35(12-14-44(63)69-26-25-68-24-21-61)31(3)37(55-42)27-39-32(4)36(11-13-43(62)58(9)16-15-53-51(66)70-52(6,7)8)47(56-39)46-48-45(33(5)40(57-48)29-41(34)54-38)49(64)60(50(46)65)18-17-59-19-22-67-23-20-59/h12,14,27-29,32,36,56-57,61H,10-11,13,15-26H2,1-9H3,(H,53,66)/b14-12+,39-27?,41-29?,42-28?,47-46?/t32-,36-/m0/s1. The summed E-state index contributed by atoms with van der Waals surface area (Å²) in [5.41, 5.74) is 9.26. The van der Waals surface area contributed by atoms with Gasteiger partial charge >= 0.3 is 12.1 Å². The molecule has 0 spiro atoms. The minimum Gasteiger partial charge on any atom is -0.460 e. The zero-order valence-electron chi connectivity index (χ0n) is 42.0. The number of nitrogens with one attached hydrogen (secondary N) is 3. The van der Waals surface area contributed by atoms with Gasteiger partial charge in [0.15, 0.2) is 0 Å². The van der Waals surface area contributed by atoms with Crippen LogP contribution >= 0.6 is 0 Å². The summed E-state index contributed by atoms with van der Waals surface area (Å²) in [6.45, 7) is 19.1. The number of carbonyl (C=O) groups is 5. The van der Waals surface area contributed by atoms with Gasteiger partial charge in [-0.15, -0.1) is 0 Å². The molecular formula is C52H68N8O10. The van der Waals surface area contributed by atoms with Crippen molar-refractivity contribution in [1.82, 2.24) is 40.0 Å². The molecule has 1 saturated heterocycles. The molecule has 8 bridgehead atoms. The average molecular weight is 965 g/mol. The van der Waals surface area contributed by atoms with E-state index in [2.05, 4.69) is 34.0 Å². The zero-order chi connectivity index (χ0) is 50.4. The minimum atomic E-state index is -0.660. The molecule has 376 valence electrons. The Morgan fingerprint density at radius 2 is 1.66 bits per heavy atom. The predicted octanol–water partition coefficient (Wildman–Crippen LogP) is 6.30. The van der Waals surface area contributed by atoms with Crippen molar-refractivity contribution in [2.75, 3.05) is 86.0 Å². The van der Waals surface area contributed by atoms with E-state index < -0.39 is 23.6 Å². The molecule has 0 saturated carbocycles. The monoisotopic (exact) mass is 965 g/mol. The second-order valence-corrected chi connectivity index (χ2v) is 19.2. The summed E-state index contributed by atoms with van der Waals surface area (Å²) in [6, 6.07) is 5.82. The smallest absolute Gasteiger partial charge is 0.407 e. The van der Waals surface area contributed by atoms with E-state index in [1.54, 1.807) is 38.8 Å². The number of esters is 1. The highest BCUT2D eigenvalue weighted by Gasteiger charge is 2.41. The van der Waals surface area contributed by atoms with E-state index in [0.717, 1.165) is 22.4 Å². The summed E-state index contributed by atoms with van der Waals surface area (Å²) < 4.78 is 21.5. The van der Waals surface area contributed by atoms with Crippen LogP contribution in [0.15, 0.2) is 30.4 Å². The van der Waals surface area contributed by atoms with Crippen LogP contribution in [0.3, 0.4) is 0 Å². The summed E-state index contributed by atoms with van der Waals surface area (Å²) in [6.07, 6.45) is 3.63. The summed E-state index contributed by atoms with van der Waals surface area (Å²) in [5.74, 6) is -2.17. The number of aromatic amines is 2. The largest absolute Gasteiger partial charge is 0.460 e. The third kappa shape index (κ3) is 11.5. The number of aromatic nitrogens is 4. The molecule has 4 amide bonds. The molecule has 2 atom stereocenters. The van der Waals surface area contributed by atoms with Crippen LogP contribution in [-0.2, 0) is 28.5 Å². The topological polar surface area (TPSA) is 222 Å². The van der Waals surface area contributed by atoms with E-state index in [0.29, 0.717) is 107 Å². The van der Waals surface area contributed by atoms with Gasteiger partial charge in [-0.25, -0.2) is 19.6 Å². The highest BCUT2D eigenvalue weighted by molar-refractivity contribution is 6.23. The highest BCUT2D eigenvalue weighted by atomic mass is 16.6. The van der Waals surface area contributed by atoms with Crippen molar-refractivity contribution >= 4 is 63.1 Å². The Kier molecular flexibility index (Phi) is 16.4. The van der Waals surface area contributed by atoms with E-state index in [-0.39, 0.29) is 76.1 Å². The van der Waals surface area contributed by atoms with Crippen LogP contribution in [0.5, 0.6) is 0 Å². The number of likely N-dealkylation sites (N-methyl/N-ethyl adjacent to an activating group) is 1. The molecule has 18 nitrogen and oxygen atoms in total. The number of imide groups is 1. The summed E-state index contributed by atoms with van der Waals surface area (Å²) >= 11 is 0. The molecule has 4 N–H and O–H groups in total. The number of aryl methyl sites for hydroxylation is 1. The molecule has 2 aromatic rings. The fraction of sp³-hybridized carbons (Fsp3) is 0.519. The van der Waals surface area contributed by atoms with Gasteiger partial charge in [0.25, 0.3) is 11.8 Å². The van der Waals surface area contributed by atoms with Gasteiger partial charge in [0, 0.05) is 93.1 Å². The van der Waals surface area contributed by atoms with Gasteiger partial charge in [-0.05, 0) is 101 Å². The van der Waals surface area contributed by atoms with Crippen LogP contribution in [0.1, 0.15) is 140 Å². The van der Waals surface area contributed by atoms with Gasteiger partial charge in [-0.2, -0.15) is 0 Å². The van der Waals surface area contributed by atoms with Gasteiger partial charge in [-0.1, -0.05) is 13.8 Å². The Balaban J connectivity index is 1.36. The Morgan fingerprint density at radius 3 is 2.37 bits per heavy atom. The molecular weight excluding hydrogens is 897 g/mol. The molecule has 1 fully saturated rings. The van der Waals surface area contributed by atoms with Gasteiger partial charge in [-0.3, -0.25) is 24.2 Å². The van der Waals surface area contributed by atoms with E-state index in [4.69, 9.17) is 34.0 Å². The van der Waals surface area contributed by atoms with Crippen molar-refractivity contribution in [1.29, 1.82) is 0 Å². The van der Waals surface area contributed by atoms with Crippen molar-refractivity contribution in [2.24, 2.45) is 0 Å². The normalized spacial score (nSPS) is 17.9. The van der Waals surface area contributed by atoms with Crippen molar-refractivity contribution < 1.29 is 48.0 Å². The summed E-state index contributed by atoms with van der Waals surface area (Å²) in [7, 11) is 1.69. The number of amides is 4. The quantitative estimate of drug-likeness (QED) is 0.0592. The van der Waals surface area contributed by atoms with Crippen LogP contribution in [0.25, 0.3) is 33.3 Å². The van der Waals surface area contributed by atoms with E-state index in [1.165, 1.54) is 11.0 Å². The second kappa shape index (κ2) is 22.3. The molecule has 0 aliphatic carbocycles. The lowest BCUT2D eigenvalue weighted by Gasteiger charge is -2.31. The summed E-state index contributed by atoms with van der Waals surface area (Å²) in [5, 5.41) is 11.7. The maximum atomic E-state index is 15.2. The number of hydrogen-bond acceptors (Lipinski definition) is 13. The Labute approximate surface area is 409 Å². The zero-order valence-corrected chi connectivity index (χ0v) is 42.0. The number of aliphatic hydroxyl groups is 1. The highest BCUT2D eigenvalue weighted by Crippen LogP contribution is 2.45. The number of carbonyl (C=O) groups excluding carboxylic acids is 5. The maximum Gasteiger partial charge on any atom is 0.407 e. The molecule has 0 unspecified atom stereocenters. The Morgan fingerprint density at radius 1 is 0.943 bits per heavy atom. The summed E-state index contributed by atoms with van der Waals surface area (Å²) in [4.78, 5) is 91.6. The van der Waals surface area contributed by atoms with Crippen molar-refractivity contribution in [3.05, 3.63) is 81.2 Å². The number of H-pyrrole nitrogens is 2. The molecule has 7 heterocycles. The third-order valence-electron chi connectivity index (χ3n) is 13.4. The molecule has 2 aromatic heterocycles. The number of morpholine rings is 1. The van der Waals surface area contributed by atoms with Gasteiger partial charge < -0.3 is 44.2 Å². The molecule has 0 radical (unpaired) electrons. The predicted molar refractivity (Wildman–Crippen MR) is 265 cm³/mol. The Hall–Kier alpha value is -6.21. The lowest BCUT2D eigenvalue weighted by atomic mass is 9.84. The molecule has 18 heteroatoms. The van der Waals surface area contributed by atoms with Gasteiger partial charge in [0.2, 0.25) is 5.91 Å². The lowest BCUT2D eigenvalue weighted by molar-refractivity contribution is -0.139. The first-order chi connectivity index (χ1) is 33.4. The number of allylic oxidation sites excluding steroid dienone is 5. The van der Waals surface area contributed by atoms with Crippen LogP contribution in [-0.4, -0.2) is 161 Å². The first kappa shape index (κ1) is 51.6. The van der Waals surface area contributed by atoms with Crippen molar-refractivity contribution in [3.63, 3.8) is 0 Å². The SMILES string of the molecule is CCC1=C(C)c2cc3nc(cc4[nH]c(c5c6[nH]c(cc1n2)c(C)c6C(=O)N(CCN1CCOCC1)C5=O)[C@@H](CCC(=O)N(C)CCNC(=O)OC(C)(C)C)[C@@H]4C)C(C)=C3/C=C/C(=O)OCCOCCO. The minimum absolute atomic E-state index is 0.0225. The molecule has 5 aliphatic heterocycles. The van der Waals surface area contributed by atoms with Crippen molar-refractivity contribution in [3.8, 4) is 0 Å². The number of nitrogens with zero attached hydrogens (tertiary/aromatic N) is 5. The maximum absolute atomic E-state index is 15.2. The first-order valence-electron chi connectivity index (χ1n) is 24.3. The van der Waals surface area contributed by atoms with Crippen LogP contribution in [0, 0.1) is 6.92 Å². The lowest BCUT2D eigenvalue weighted by Crippen LogP contribution is -2.47.